The van der Waals surface area contributed by atoms with Crippen LogP contribution in [0.3, 0.4) is 0 Å². The van der Waals surface area contributed by atoms with Crippen LogP contribution in [0.1, 0.15) is 11.4 Å². The molecule has 1 aliphatic rings. The van der Waals surface area contributed by atoms with E-state index in [9.17, 15) is 9.59 Å². The van der Waals surface area contributed by atoms with Crippen molar-refractivity contribution in [2.24, 2.45) is 0 Å². The number of nitrogens with one attached hydrogen (secondary N) is 2. The highest BCUT2D eigenvalue weighted by Crippen LogP contribution is 2.20. The summed E-state index contributed by atoms with van der Waals surface area (Å²) in [5.74, 6) is -0.0735. The van der Waals surface area contributed by atoms with Crippen LogP contribution in [0.5, 0.6) is 0 Å². The zero-order valence-electron chi connectivity index (χ0n) is 11.9. The lowest BCUT2D eigenvalue weighted by Gasteiger charge is -2.17. The van der Waals surface area contributed by atoms with Gasteiger partial charge in [-0.25, -0.2) is 9.78 Å². The van der Waals surface area contributed by atoms with Gasteiger partial charge < -0.3 is 15.5 Å². The highest BCUT2D eigenvalue weighted by molar-refractivity contribution is 7.09. The highest BCUT2D eigenvalue weighted by atomic mass is 32.1. The molecule has 2 heterocycles. The Balaban J connectivity index is 1.53. The van der Waals surface area contributed by atoms with E-state index >= 15 is 0 Å². The smallest absolute Gasteiger partial charge is 0.315 e. The number of para-hydroxylation sites is 1. The number of hydrogen-bond acceptors (Lipinski definition) is 4. The lowest BCUT2D eigenvalue weighted by molar-refractivity contribution is -0.118. The maximum absolute atomic E-state index is 12.3. The molecule has 3 rings (SSSR count). The molecule has 114 valence electrons. The number of nitrogens with zero attached hydrogens (tertiary/aromatic N) is 2. The van der Waals surface area contributed by atoms with E-state index in [1.165, 1.54) is 11.3 Å². The third kappa shape index (κ3) is 3.25. The summed E-state index contributed by atoms with van der Waals surface area (Å²) in [4.78, 5) is 30.0. The minimum atomic E-state index is -0.475. The molecule has 6 nitrogen and oxygen atoms in total. The van der Waals surface area contributed by atoms with Gasteiger partial charge in [-0.15, -0.1) is 11.3 Å². The number of anilines is 1. The number of hydrogen-bond donors (Lipinski definition) is 2. The van der Waals surface area contributed by atoms with Crippen LogP contribution < -0.4 is 15.5 Å². The molecule has 0 spiro atoms. The summed E-state index contributed by atoms with van der Waals surface area (Å²) >= 11 is 1.48. The average Bonchev–Trinajstić information content (AvgIpc) is 3.17. The Morgan fingerprint density at radius 1 is 1.36 bits per heavy atom. The lowest BCUT2D eigenvalue weighted by atomic mass is 10.2. The predicted octanol–water partition coefficient (Wildman–Crippen LogP) is 1.75. The van der Waals surface area contributed by atoms with E-state index in [1.807, 2.05) is 35.7 Å². The van der Waals surface area contributed by atoms with E-state index in [0.717, 1.165) is 10.7 Å². The molecule has 7 heteroatoms. The molecule has 1 fully saturated rings. The molecule has 1 aromatic heterocycles. The van der Waals surface area contributed by atoms with E-state index in [1.54, 1.807) is 11.1 Å². The number of benzene rings is 1. The number of amides is 3. The second-order valence-corrected chi connectivity index (χ2v) is 5.90. The van der Waals surface area contributed by atoms with Gasteiger partial charge in [-0.1, -0.05) is 18.2 Å². The second-order valence-electron chi connectivity index (χ2n) is 4.92. The molecule has 1 atom stereocenters. The number of urea groups is 1. The molecule has 0 radical (unpaired) electrons. The minimum Gasteiger partial charge on any atom is -0.332 e. The van der Waals surface area contributed by atoms with Gasteiger partial charge in [-0.2, -0.15) is 0 Å². The van der Waals surface area contributed by atoms with E-state index in [4.69, 9.17) is 0 Å². The van der Waals surface area contributed by atoms with Crippen molar-refractivity contribution < 1.29 is 9.59 Å². The molecule has 3 amide bonds. The van der Waals surface area contributed by atoms with Crippen molar-refractivity contribution in [2.75, 3.05) is 11.4 Å². The van der Waals surface area contributed by atoms with Crippen molar-refractivity contribution in [3.8, 4) is 0 Å². The summed E-state index contributed by atoms with van der Waals surface area (Å²) in [6, 6.07) is 8.66. The molecule has 1 saturated heterocycles. The Morgan fingerprint density at radius 2 is 2.18 bits per heavy atom. The van der Waals surface area contributed by atoms with Gasteiger partial charge in [-0.05, 0) is 18.6 Å². The third-order valence-corrected chi connectivity index (χ3v) is 4.24. The van der Waals surface area contributed by atoms with Crippen LogP contribution in [0.25, 0.3) is 0 Å². The van der Waals surface area contributed by atoms with Crippen molar-refractivity contribution in [3.05, 3.63) is 46.9 Å². The number of thiazole rings is 1. The molecule has 1 aliphatic heterocycles. The molecule has 1 aromatic carbocycles. The maximum Gasteiger partial charge on any atom is 0.315 e. The first-order chi connectivity index (χ1) is 10.7. The normalized spacial score (nSPS) is 17.5. The molecular weight excluding hydrogens is 300 g/mol. The molecule has 0 bridgehead atoms. The SMILES string of the molecule is O=C(NCc1nccs1)N[C@@H]1CCN(c2ccccc2)C1=O. The summed E-state index contributed by atoms with van der Waals surface area (Å²) in [6.45, 7) is 0.979. The molecule has 22 heavy (non-hydrogen) atoms. The van der Waals surface area contributed by atoms with Gasteiger partial charge in [0, 0.05) is 23.8 Å². The standard InChI is InChI=1S/C15H16N4O2S/c20-14-12(6-8-19(14)11-4-2-1-3-5-11)18-15(21)17-10-13-16-7-9-22-13/h1-5,7,9,12H,6,8,10H2,(H2,17,18,21)/t12-/m1/s1. The Hall–Kier alpha value is -2.41. The van der Waals surface area contributed by atoms with Gasteiger partial charge >= 0.3 is 6.03 Å². The predicted molar refractivity (Wildman–Crippen MR) is 84.7 cm³/mol. The second kappa shape index (κ2) is 6.57. The van der Waals surface area contributed by atoms with Gasteiger partial charge in [0.1, 0.15) is 11.0 Å². The zero-order valence-corrected chi connectivity index (χ0v) is 12.7. The minimum absolute atomic E-state index is 0.0735. The number of carbonyl (C=O) groups excluding carboxylic acids is 2. The summed E-state index contributed by atoms with van der Waals surface area (Å²) in [5.41, 5.74) is 0.861. The van der Waals surface area contributed by atoms with Crippen LogP contribution in [0.2, 0.25) is 0 Å². The molecule has 0 aliphatic carbocycles. The number of rotatable bonds is 4. The Bertz CT molecular complexity index is 645. The Kier molecular flexibility index (Phi) is 4.34. The summed E-state index contributed by atoms with van der Waals surface area (Å²) < 4.78 is 0. The van der Waals surface area contributed by atoms with Crippen molar-refractivity contribution in [1.82, 2.24) is 15.6 Å². The van der Waals surface area contributed by atoms with Crippen LogP contribution in [-0.2, 0) is 11.3 Å². The molecule has 2 N–H and O–H groups in total. The lowest BCUT2D eigenvalue weighted by Crippen LogP contribution is -2.45. The summed E-state index contributed by atoms with van der Waals surface area (Å²) in [6.07, 6.45) is 2.30. The fourth-order valence-corrected chi connectivity index (χ4v) is 2.94. The first kappa shape index (κ1) is 14.5. The largest absolute Gasteiger partial charge is 0.332 e. The van der Waals surface area contributed by atoms with Crippen molar-refractivity contribution in [3.63, 3.8) is 0 Å². The van der Waals surface area contributed by atoms with Crippen LogP contribution in [0.15, 0.2) is 41.9 Å². The van der Waals surface area contributed by atoms with Crippen molar-refractivity contribution in [2.45, 2.75) is 19.0 Å². The quantitative estimate of drug-likeness (QED) is 0.902. The summed E-state index contributed by atoms with van der Waals surface area (Å²) in [7, 11) is 0. The summed E-state index contributed by atoms with van der Waals surface area (Å²) in [5, 5.41) is 8.13. The Morgan fingerprint density at radius 3 is 2.91 bits per heavy atom. The number of carbonyl (C=O) groups is 2. The van der Waals surface area contributed by atoms with Crippen molar-refractivity contribution >= 4 is 29.0 Å². The molecule has 2 aromatic rings. The first-order valence-electron chi connectivity index (χ1n) is 7.03. The number of aromatic nitrogens is 1. The topological polar surface area (TPSA) is 74.3 Å². The monoisotopic (exact) mass is 316 g/mol. The zero-order chi connectivity index (χ0) is 15.4. The van der Waals surface area contributed by atoms with Gasteiger partial charge in [0.15, 0.2) is 0 Å². The Labute approximate surface area is 132 Å². The maximum atomic E-state index is 12.3. The fraction of sp³-hybridized carbons (Fsp3) is 0.267. The fourth-order valence-electron chi connectivity index (χ4n) is 2.38. The van der Waals surface area contributed by atoms with Crippen LogP contribution >= 0.6 is 11.3 Å². The van der Waals surface area contributed by atoms with Crippen LogP contribution in [-0.4, -0.2) is 29.5 Å². The van der Waals surface area contributed by atoms with Gasteiger partial charge in [0.25, 0.3) is 0 Å². The van der Waals surface area contributed by atoms with E-state index in [-0.39, 0.29) is 11.9 Å². The first-order valence-corrected chi connectivity index (χ1v) is 7.91. The van der Waals surface area contributed by atoms with Crippen LogP contribution in [0.4, 0.5) is 10.5 Å². The van der Waals surface area contributed by atoms with Gasteiger partial charge in [0.2, 0.25) is 5.91 Å². The highest BCUT2D eigenvalue weighted by Gasteiger charge is 2.33. The average molecular weight is 316 g/mol. The molecule has 0 saturated carbocycles. The van der Waals surface area contributed by atoms with E-state index in [2.05, 4.69) is 15.6 Å². The van der Waals surface area contributed by atoms with Gasteiger partial charge in [-0.3, -0.25) is 4.79 Å². The van der Waals surface area contributed by atoms with E-state index in [0.29, 0.717) is 19.5 Å². The molecular formula is C15H16N4O2S. The third-order valence-electron chi connectivity index (χ3n) is 3.46. The van der Waals surface area contributed by atoms with Crippen LogP contribution in [0, 0.1) is 0 Å². The molecule has 0 unspecified atom stereocenters. The van der Waals surface area contributed by atoms with Crippen molar-refractivity contribution in [1.29, 1.82) is 0 Å². The van der Waals surface area contributed by atoms with E-state index < -0.39 is 6.04 Å². The van der Waals surface area contributed by atoms with Gasteiger partial charge in [0.05, 0.1) is 6.54 Å².